The fourth-order valence-corrected chi connectivity index (χ4v) is 2.24. The molecule has 6 heteroatoms. The molecule has 3 aromatic rings. The summed E-state index contributed by atoms with van der Waals surface area (Å²) >= 11 is 0. The summed E-state index contributed by atoms with van der Waals surface area (Å²) in [6.07, 6.45) is 1.56. The monoisotopic (exact) mass is 304 g/mol. The molecule has 2 aromatic carbocycles. The van der Waals surface area contributed by atoms with E-state index in [0.717, 1.165) is 10.1 Å². The maximum Gasteiger partial charge on any atom is 0.275 e. The Kier molecular flexibility index (Phi) is 3.85. The van der Waals surface area contributed by atoms with E-state index in [4.69, 9.17) is 5.26 Å². The Morgan fingerprint density at radius 1 is 1.22 bits per heavy atom. The highest BCUT2D eigenvalue weighted by Gasteiger charge is 2.09. The molecule has 1 N–H and O–H groups in total. The van der Waals surface area contributed by atoms with Gasteiger partial charge in [0.1, 0.15) is 6.54 Å². The molecule has 1 amide bonds. The van der Waals surface area contributed by atoms with Crippen molar-refractivity contribution < 1.29 is 4.79 Å². The second-order valence-corrected chi connectivity index (χ2v) is 4.94. The molecule has 6 nitrogen and oxygen atoms in total. The van der Waals surface area contributed by atoms with E-state index in [2.05, 4.69) is 10.4 Å². The van der Waals surface area contributed by atoms with Crippen LogP contribution in [0, 0.1) is 11.3 Å². The van der Waals surface area contributed by atoms with Crippen LogP contribution in [0.1, 0.15) is 5.56 Å². The number of fused-ring (bicyclic) bond motifs is 1. The summed E-state index contributed by atoms with van der Waals surface area (Å²) < 4.78 is 1.12. The predicted octanol–water partition coefficient (Wildman–Crippen LogP) is 1.91. The molecule has 0 saturated carbocycles. The molecule has 0 aliphatic rings. The van der Waals surface area contributed by atoms with Gasteiger partial charge in [0, 0.05) is 11.1 Å². The Labute approximate surface area is 131 Å². The highest BCUT2D eigenvalue weighted by Crippen LogP contribution is 2.10. The number of nitrogens with one attached hydrogen (secondary N) is 1. The number of amides is 1. The van der Waals surface area contributed by atoms with E-state index in [-0.39, 0.29) is 18.0 Å². The molecule has 0 fully saturated rings. The lowest BCUT2D eigenvalue weighted by Crippen LogP contribution is -2.29. The number of nitriles is 1. The lowest BCUT2D eigenvalue weighted by molar-refractivity contribution is -0.117. The summed E-state index contributed by atoms with van der Waals surface area (Å²) in [5, 5.41) is 16.8. The van der Waals surface area contributed by atoms with Gasteiger partial charge in [-0.2, -0.15) is 10.4 Å². The Morgan fingerprint density at radius 2 is 2.04 bits per heavy atom. The number of aromatic nitrogens is 2. The molecule has 0 aliphatic heterocycles. The quantitative estimate of drug-likeness (QED) is 0.800. The lowest BCUT2D eigenvalue weighted by Gasteiger charge is -2.07. The number of carbonyl (C=O) groups is 1. The molecular formula is C17H12N4O2. The molecule has 0 unspecified atom stereocenters. The Balaban J connectivity index is 1.82. The second kappa shape index (κ2) is 6.12. The van der Waals surface area contributed by atoms with Crippen LogP contribution < -0.4 is 10.9 Å². The highest BCUT2D eigenvalue weighted by atomic mass is 16.2. The third-order valence-corrected chi connectivity index (χ3v) is 3.33. The van der Waals surface area contributed by atoms with Gasteiger partial charge in [-0.15, -0.1) is 0 Å². The van der Waals surface area contributed by atoms with Crippen molar-refractivity contribution in [2.24, 2.45) is 0 Å². The van der Waals surface area contributed by atoms with Crippen molar-refractivity contribution in [1.29, 1.82) is 5.26 Å². The average molecular weight is 304 g/mol. The van der Waals surface area contributed by atoms with Crippen LogP contribution in [-0.4, -0.2) is 15.7 Å². The molecule has 3 rings (SSSR count). The summed E-state index contributed by atoms with van der Waals surface area (Å²) in [4.78, 5) is 24.4. The van der Waals surface area contributed by atoms with Crippen LogP contribution in [0.2, 0.25) is 0 Å². The van der Waals surface area contributed by atoms with Crippen molar-refractivity contribution in [1.82, 2.24) is 9.78 Å². The first kappa shape index (κ1) is 14.5. The van der Waals surface area contributed by atoms with E-state index in [1.54, 1.807) is 48.7 Å². The van der Waals surface area contributed by atoms with E-state index < -0.39 is 0 Å². The maximum atomic E-state index is 12.3. The largest absolute Gasteiger partial charge is 0.324 e. The summed E-state index contributed by atoms with van der Waals surface area (Å²) in [6, 6.07) is 15.6. The summed E-state index contributed by atoms with van der Waals surface area (Å²) in [5.41, 5.74) is 0.635. The van der Waals surface area contributed by atoms with Crippen LogP contribution >= 0.6 is 0 Å². The first-order chi connectivity index (χ1) is 11.2. The van der Waals surface area contributed by atoms with E-state index in [0.29, 0.717) is 16.6 Å². The van der Waals surface area contributed by atoms with Crippen molar-refractivity contribution in [3.8, 4) is 6.07 Å². The van der Waals surface area contributed by atoms with Gasteiger partial charge in [0.15, 0.2) is 0 Å². The van der Waals surface area contributed by atoms with Gasteiger partial charge in [-0.1, -0.05) is 24.3 Å². The van der Waals surface area contributed by atoms with Crippen LogP contribution in [0.4, 0.5) is 5.69 Å². The van der Waals surface area contributed by atoms with Gasteiger partial charge in [0.05, 0.1) is 23.2 Å². The van der Waals surface area contributed by atoms with E-state index in [1.165, 1.54) is 0 Å². The van der Waals surface area contributed by atoms with Crippen molar-refractivity contribution in [2.75, 3.05) is 5.32 Å². The highest BCUT2D eigenvalue weighted by molar-refractivity contribution is 5.91. The zero-order chi connectivity index (χ0) is 16.2. The number of anilines is 1. The number of rotatable bonds is 3. The third-order valence-electron chi connectivity index (χ3n) is 3.33. The van der Waals surface area contributed by atoms with E-state index >= 15 is 0 Å². The Bertz CT molecular complexity index is 986. The van der Waals surface area contributed by atoms with E-state index in [1.807, 2.05) is 12.1 Å². The fourth-order valence-electron chi connectivity index (χ4n) is 2.24. The number of benzene rings is 2. The minimum Gasteiger partial charge on any atom is -0.324 e. The SMILES string of the molecule is N#Cc1cccc(NC(=O)Cn2ncc3ccccc3c2=O)c1. The van der Waals surface area contributed by atoms with Gasteiger partial charge in [-0.25, -0.2) is 4.68 Å². The predicted molar refractivity (Wildman–Crippen MR) is 85.8 cm³/mol. The molecular weight excluding hydrogens is 292 g/mol. The van der Waals surface area contributed by atoms with Gasteiger partial charge in [0.25, 0.3) is 5.56 Å². The Hall–Kier alpha value is -3.46. The molecule has 1 aromatic heterocycles. The molecule has 1 heterocycles. The molecule has 23 heavy (non-hydrogen) atoms. The Morgan fingerprint density at radius 3 is 2.87 bits per heavy atom. The number of nitrogens with zero attached hydrogens (tertiary/aromatic N) is 3. The van der Waals surface area contributed by atoms with Gasteiger partial charge in [0.2, 0.25) is 5.91 Å². The topological polar surface area (TPSA) is 87.8 Å². The molecule has 0 radical (unpaired) electrons. The summed E-state index contributed by atoms with van der Waals surface area (Å²) in [6.45, 7) is -0.194. The van der Waals surface area contributed by atoms with Crippen LogP contribution in [0.5, 0.6) is 0 Å². The first-order valence-corrected chi connectivity index (χ1v) is 6.92. The van der Waals surface area contributed by atoms with Crippen molar-refractivity contribution in [2.45, 2.75) is 6.54 Å². The van der Waals surface area contributed by atoms with Crippen LogP contribution in [0.15, 0.2) is 59.5 Å². The molecule has 0 spiro atoms. The second-order valence-electron chi connectivity index (χ2n) is 4.94. The maximum absolute atomic E-state index is 12.3. The minimum atomic E-state index is -0.384. The number of hydrogen-bond donors (Lipinski definition) is 1. The van der Waals surface area contributed by atoms with Gasteiger partial charge in [-0.05, 0) is 24.3 Å². The molecule has 0 atom stereocenters. The summed E-state index contributed by atoms with van der Waals surface area (Å²) in [5.74, 6) is -0.384. The van der Waals surface area contributed by atoms with Crippen LogP contribution in [-0.2, 0) is 11.3 Å². The van der Waals surface area contributed by atoms with Gasteiger partial charge < -0.3 is 5.32 Å². The number of carbonyl (C=O) groups excluding carboxylic acids is 1. The third kappa shape index (κ3) is 3.09. The normalized spacial score (nSPS) is 10.2. The zero-order valence-corrected chi connectivity index (χ0v) is 12.1. The van der Waals surface area contributed by atoms with Crippen molar-refractivity contribution in [3.05, 3.63) is 70.6 Å². The van der Waals surface area contributed by atoms with Gasteiger partial charge in [-0.3, -0.25) is 9.59 Å². The van der Waals surface area contributed by atoms with Gasteiger partial charge >= 0.3 is 0 Å². The fraction of sp³-hybridized carbons (Fsp3) is 0.0588. The zero-order valence-electron chi connectivity index (χ0n) is 12.1. The molecule has 0 saturated heterocycles. The molecule has 0 aliphatic carbocycles. The van der Waals surface area contributed by atoms with Crippen LogP contribution in [0.3, 0.4) is 0 Å². The van der Waals surface area contributed by atoms with E-state index in [9.17, 15) is 9.59 Å². The molecule has 112 valence electrons. The average Bonchev–Trinajstić information content (AvgIpc) is 2.58. The standard InChI is InChI=1S/C17H12N4O2/c18-9-12-4-3-6-14(8-12)20-16(22)11-21-17(23)15-7-2-1-5-13(15)10-19-21/h1-8,10H,11H2,(H,20,22). The minimum absolute atomic E-state index is 0.194. The van der Waals surface area contributed by atoms with Crippen molar-refractivity contribution in [3.63, 3.8) is 0 Å². The van der Waals surface area contributed by atoms with Crippen LogP contribution in [0.25, 0.3) is 10.8 Å². The number of hydrogen-bond acceptors (Lipinski definition) is 4. The smallest absolute Gasteiger partial charge is 0.275 e. The molecule has 0 bridgehead atoms. The van der Waals surface area contributed by atoms with Crippen molar-refractivity contribution >= 4 is 22.4 Å². The first-order valence-electron chi connectivity index (χ1n) is 6.92. The lowest BCUT2D eigenvalue weighted by atomic mass is 10.2. The summed E-state index contributed by atoms with van der Waals surface area (Å²) in [7, 11) is 0.